The van der Waals surface area contributed by atoms with Crippen LogP contribution in [0, 0.1) is 17.3 Å². The van der Waals surface area contributed by atoms with E-state index >= 15 is 0 Å². The Labute approximate surface area is 87.4 Å². The maximum Gasteiger partial charge on any atom is 0.0547 e. The van der Waals surface area contributed by atoms with Gasteiger partial charge in [-0.3, -0.25) is 0 Å². The topological polar surface area (TPSA) is 21.3 Å². The minimum Gasteiger partial charge on any atom is -0.380 e. The van der Waals surface area contributed by atoms with E-state index in [0.29, 0.717) is 5.41 Å². The Bertz CT molecular complexity index is 183. The van der Waals surface area contributed by atoms with Crippen LogP contribution >= 0.6 is 0 Å². The van der Waals surface area contributed by atoms with E-state index in [9.17, 15) is 0 Å². The van der Waals surface area contributed by atoms with Gasteiger partial charge in [0.15, 0.2) is 0 Å². The number of nitrogens with one attached hydrogen (secondary N) is 1. The molecule has 2 nitrogen and oxygen atoms in total. The zero-order valence-corrected chi connectivity index (χ0v) is 9.51. The lowest BCUT2D eigenvalue weighted by Crippen LogP contribution is -2.56. The van der Waals surface area contributed by atoms with Crippen molar-refractivity contribution < 1.29 is 4.74 Å². The van der Waals surface area contributed by atoms with Gasteiger partial charge in [0.05, 0.1) is 6.61 Å². The molecule has 0 unspecified atom stereocenters. The lowest BCUT2D eigenvalue weighted by atomic mass is 9.76. The van der Waals surface area contributed by atoms with Gasteiger partial charge in [-0.1, -0.05) is 13.8 Å². The Hall–Kier alpha value is -0.0800. The predicted octanol–water partition coefficient (Wildman–Crippen LogP) is 2.05. The number of hydrogen-bond donors (Lipinski definition) is 1. The molecule has 1 heterocycles. The van der Waals surface area contributed by atoms with Crippen molar-refractivity contribution in [3.63, 3.8) is 0 Å². The Morgan fingerprint density at radius 1 is 1.36 bits per heavy atom. The summed E-state index contributed by atoms with van der Waals surface area (Å²) in [6, 6.07) is 0. The quantitative estimate of drug-likeness (QED) is 0.703. The summed E-state index contributed by atoms with van der Waals surface area (Å²) < 4.78 is 5.83. The first-order valence-corrected chi connectivity index (χ1v) is 5.99. The Kier molecular flexibility index (Phi) is 3.13. The van der Waals surface area contributed by atoms with Crippen molar-refractivity contribution in [2.75, 3.05) is 26.3 Å². The first kappa shape index (κ1) is 10.4. The molecule has 1 saturated heterocycles. The zero-order chi connectivity index (χ0) is 10.0. The molecular weight excluding hydrogens is 174 g/mol. The van der Waals surface area contributed by atoms with Crippen LogP contribution < -0.4 is 5.32 Å². The number of ether oxygens (including phenoxy) is 1. The van der Waals surface area contributed by atoms with Gasteiger partial charge in [-0.15, -0.1) is 0 Å². The van der Waals surface area contributed by atoms with Gasteiger partial charge in [-0.05, 0) is 31.1 Å². The summed E-state index contributed by atoms with van der Waals surface area (Å²) >= 11 is 0. The summed E-state index contributed by atoms with van der Waals surface area (Å²) in [4.78, 5) is 0. The second-order valence-corrected chi connectivity index (χ2v) is 5.66. The third-order valence-corrected chi connectivity index (χ3v) is 3.30. The van der Waals surface area contributed by atoms with Crippen LogP contribution in [-0.2, 0) is 4.74 Å². The molecule has 0 aromatic heterocycles. The molecule has 2 aliphatic rings. The second-order valence-electron chi connectivity index (χ2n) is 5.66. The molecule has 2 rings (SSSR count). The molecule has 1 aliphatic carbocycles. The summed E-state index contributed by atoms with van der Waals surface area (Å²) in [5.74, 6) is 1.70. The Balaban J connectivity index is 1.68. The highest BCUT2D eigenvalue weighted by atomic mass is 16.5. The summed E-state index contributed by atoms with van der Waals surface area (Å²) in [5.41, 5.74) is 0.475. The fourth-order valence-corrected chi connectivity index (χ4v) is 2.38. The molecule has 82 valence electrons. The zero-order valence-electron chi connectivity index (χ0n) is 9.51. The van der Waals surface area contributed by atoms with Crippen molar-refractivity contribution in [2.24, 2.45) is 17.3 Å². The van der Waals surface area contributed by atoms with Gasteiger partial charge in [0, 0.05) is 25.1 Å². The molecule has 1 saturated carbocycles. The Morgan fingerprint density at radius 3 is 2.50 bits per heavy atom. The van der Waals surface area contributed by atoms with E-state index in [0.717, 1.165) is 38.1 Å². The van der Waals surface area contributed by atoms with Gasteiger partial charge < -0.3 is 10.1 Å². The average molecular weight is 197 g/mol. The molecule has 0 aromatic rings. The molecule has 0 radical (unpaired) electrons. The van der Waals surface area contributed by atoms with Gasteiger partial charge in [0.25, 0.3) is 0 Å². The van der Waals surface area contributed by atoms with Crippen LogP contribution in [0.15, 0.2) is 0 Å². The van der Waals surface area contributed by atoms with E-state index in [2.05, 4.69) is 19.2 Å². The fourth-order valence-electron chi connectivity index (χ4n) is 2.38. The molecule has 1 N–H and O–H groups in total. The SMILES string of the molecule is CC(C)CC1(COCC2CC2)CNC1. The molecule has 0 bridgehead atoms. The van der Waals surface area contributed by atoms with Gasteiger partial charge in [-0.25, -0.2) is 0 Å². The predicted molar refractivity (Wildman–Crippen MR) is 58.3 cm³/mol. The van der Waals surface area contributed by atoms with Crippen LogP contribution in [0.5, 0.6) is 0 Å². The van der Waals surface area contributed by atoms with E-state index in [4.69, 9.17) is 4.74 Å². The van der Waals surface area contributed by atoms with Crippen molar-refractivity contribution in [1.82, 2.24) is 5.32 Å². The van der Waals surface area contributed by atoms with Crippen molar-refractivity contribution in [3.8, 4) is 0 Å². The Morgan fingerprint density at radius 2 is 2.07 bits per heavy atom. The van der Waals surface area contributed by atoms with E-state index in [1.54, 1.807) is 0 Å². The monoisotopic (exact) mass is 197 g/mol. The second kappa shape index (κ2) is 4.19. The maximum absolute atomic E-state index is 5.83. The van der Waals surface area contributed by atoms with Gasteiger partial charge >= 0.3 is 0 Å². The lowest BCUT2D eigenvalue weighted by Gasteiger charge is -2.43. The average Bonchev–Trinajstić information content (AvgIpc) is 2.82. The molecule has 2 heteroatoms. The van der Waals surface area contributed by atoms with Crippen molar-refractivity contribution in [1.29, 1.82) is 0 Å². The molecule has 0 aromatic carbocycles. The van der Waals surface area contributed by atoms with E-state index in [1.807, 2.05) is 0 Å². The van der Waals surface area contributed by atoms with Crippen LogP contribution in [0.3, 0.4) is 0 Å². The molecule has 0 atom stereocenters. The molecule has 14 heavy (non-hydrogen) atoms. The minimum absolute atomic E-state index is 0.475. The van der Waals surface area contributed by atoms with Gasteiger partial charge in [0.2, 0.25) is 0 Å². The highest BCUT2D eigenvalue weighted by Crippen LogP contribution is 2.33. The lowest BCUT2D eigenvalue weighted by molar-refractivity contribution is -0.00631. The third-order valence-electron chi connectivity index (χ3n) is 3.30. The van der Waals surface area contributed by atoms with Gasteiger partial charge in [-0.2, -0.15) is 0 Å². The van der Waals surface area contributed by atoms with E-state index in [-0.39, 0.29) is 0 Å². The summed E-state index contributed by atoms with van der Waals surface area (Å²) in [7, 11) is 0. The molecule has 1 aliphatic heterocycles. The number of rotatable bonds is 6. The van der Waals surface area contributed by atoms with Crippen molar-refractivity contribution in [3.05, 3.63) is 0 Å². The number of hydrogen-bond acceptors (Lipinski definition) is 2. The highest BCUT2D eigenvalue weighted by Gasteiger charge is 2.38. The largest absolute Gasteiger partial charge is 0.380 e. The summed E-state index contributed by atoms with van der Waals surface area (Å²) in [6.45, 7) is 8.93. The molecule has 0 amide bonds. The molecule has 2 fully saturated rings. The standard InChI is InChI=1S/C12H23NO/c1-10(2)5-12(7-13-8-12)9-14-6-11-3-4-11/h10-11,13H,3-9H2,1-2H3. The van der Waals surface area contributed by atoms with E-state index < -0.39 is 0 Å². The van der Waals surface area contributed by atoms with Crippen LogP contribution in [0.2, 0.25) is 0 Å². The van der Waals surface area contributed by atoms with Crippen LogP contribution in [0.25, 0.3) is 0 Å². The van der Waals surface area contributed by atoms with E-state index in [1.165, 1.54) is 19.3 Å². The van der Waals surface area contributed by atoms with Gasteiger partial charge in [0.1, 0.15) is 0 Å². The molecule has 0 spiro atoms. The van der Waals surface area contributed by atoms with Crippen LogP contribution in [0.1, 0.15) is 33.1 Å². The maximum atomic E-state index is 5.83. The summed E-state index contributed by atoms with van der Waals surface area (Å²) in [5, 5.41) is 3.38. The normalized spacial score (nSPS) is 25.1. The first-order chi connectivity index (χ1) is 6.70. The van der Waals surface area contributed by atoms with Crippen molar-refractivity contribution >= 4 is 0 Å². The molecular formula is C12H23NO. The minimum atomic E-state index is 0.475. The van der Waals surface area contributed by atoms with Crippen LogP contribution in [0.4, 0.5) is 0 Å². The fraction of sp³-hybridized carbons (Fsp3) is 1.00. The first-order valence-electron chi connectivity index (χ1n) is 5.99. The smallest absolute Gasteiger partial charge is 0.0547 e. The van der Waals surface area contributed by atoms with Crippen molar-refractivity contribution in [2.45, 2.75) is 33.1 Å². The summed E-state index contributed by atoms with van der Waals surface area (Å²) in [6.07, 6.45) is 4.11. The third kappa shape index (κ3) is 2.71. The highest BCUT2D eigenvalue weighted by molar-refractivity contribution is 4.93. The van der Waals surface area contributed by atoms with Crippen LogP contribution in [-0.4, -0.2) is 26.3 Å².